The molecule has 4 rings (SSSR count). The lowest BCUT2D eigenvalue weighted by Gasteiger charge is -2.32. The number of hydrogen-bond acceptors (Lipinski definition) is 3. The van der Waals surface area contributed by atoms with Crippen LogP contribution in [0, 0.1) is 0 Å². The minimum absolute atomic E-state index is 0.503. The van der Waals surface area contributed by atoms with E-state index in [-0.39, 0.29) is 0 Å². The zero-order chi connectivity index (χ0) is 15.8. The van der Waals surface area contributed by atoms with Crippen molar-refractivity contribution in [1.29, 1.82) is 0 Å². The Bertz CT molecular complexity index is 698. The molecule has 2 heterocycles. The molecular formula is C20H23NO2. The van der Waals surface area contributed by atoms with Gasteiger partial charge in [0.2, 0.25) is 0 Å². The second-order valence-electron chi connectivity index (χ2n) is 6.51. The number of methoxy groups -OCH3 is 2. The summed E-state index contributed by atoms with van der Waals surface area (Å²) in [5.74, 6) is 2.31. The number of rotatable bonds is 3. The van der Waals surface area contributed by atoms with Crippen molar-refractivity contribution in [1.82, 2.24) is 4.90 Å². The van der Waals surface area contributed by atoms with Crippen LogP contribution < -0.4 is 9.47 Å². The summed E-state index contributed by atoms with van der Waals surface area (Å²) in [4.78, 5) is 2.63. The number of fused-ring (bicyclic) bond motifs is 3. The van der Waals surface area contributed by atoms with Gasteiger partial charge in [-0.2, -0.15) is 0 Å². The summed E-state index contributed by atoms with van der Waals surface area (Å²) in [6, 6.07) is 15.8. The molecule has 23 heavy (non-hydrogen) atoms. The summed E-state index contributed by atoms with van der Waals surface area (Å²) in [7, 11) is 3.42. The van der Waals surface area contributed by atoms with E-state index in [4.69, 9.17) is 9.47 Å². The fourth-order valence-electron chi connectivity index (χ4n) is 4.17. The van der Waals surface area contributed by atoms with Crippen molar-refractivity contribution in [3.8, 4) is 11.5 Å². The van der Waals surface area contributed by atoms with Crippen molar-refractivity contribution in [3.05, 3.63) is 59.2 Å². The molecule has 3 heteroatoms. The summed E-state index contributed by atoms with van der Waals surface area (Å²) in [6.45, 7) is 2.29. The molecule has 1 saturated heterocycles. The van der Waals surface area contributed by atoms with E-state index in [9.17, 15) is 0 Å². The van der Waals surface area contributed by atoms with Crippen molar-refractivity contribution in [2.24, 2.45) is 0 Å². The van der Waals surface area contributed by atoms with Gasteiger partial charge in [0.15, 0.2) is 11.5 Å². The van der Waals surface area contributed by atoms with Crippen LogP contribution in [0.15, 0.2) is 42.5 Å². The fourth-order valence-corrected chi connectivity index (χ4v) is 4.17. The van der Waals surface area contributed by atoms with Crippen LogP contribution in [-0.4, -0.2) is 32.2 Å². The Morgan fingerprint density at radius 3 is 2.48 bits per heavy atom. The van der Waals surface area contributed by atoms with Gasteiger partial charge in [0.1, 0.15) is 0 Å². The lowest BCUT2D eigenvalue weighted by Crippen LogP contribution is -2.31. The molecule has 3 nitrogen and oxygen atoms in total. The molecule has 1 fully saturated rings. The van der Waals surface area contributed by atoms with Gasteiger partial charge in [-0.3, -0.25) is 4.90 Å². The maximum Gasteiger partial charge on any atom is 0.161 e. The molecule has 0 unspecified atom stereocenters. The van der Waals surface area contributed by atoms with Gasteiger partial charge < -0.3 is 9.47 Å². The van der Waals surface area contributed by atoms with E-state index in [1.165, 1.54) is 23.1 Å². The van der Waals surface area contributed by atoms with Gasteiger partial charge in [-0.15, -0.1) is 0 Å². The van der Waals surface area contributed by atoms with Crippen LogP contribution in [-0.2, 0) is 6.42 Å². The third-order valence-electron chi connectivity index (χ3n) is 5.35. The highest BCUT2D eigenvalue weighted by atomic mass is 16.5. The Morgan fingerprint density at radius 1 is 1.00 bits per heavy atom. The number of nitrogens with zero attached hydrogens (tertiary/aromatic N) is 1. The molecule has 120 valence electrons. The van der Waals surface area contributed by atoms with Crippen LogP contribution in [0.25, 0.3) is 0 Å². The molecule has 0 radical (unpaired) electrons. The molecule has 2 aliphatic heterocycles. The summed E-state index contributed by atoms with van der Waals surface area (Å²) in [6.07, 6.45) is 2.28. The first kappa shape index (κ1) is 14.6. The smallest absolute Gasteiger partial charge is 0.161 e. The average Bonchev–Trinajstić information content (AvgIpc) is 3.06. The second-order valence-corrected chi connectivity index (χ2v) is 6.51. The fraction of sp³-hybridized carbons (Fsp3) is 0.400. The van der Waals surface area contributed by atoms with Crippen LogP contribution in [0.1, 0.15) is 35.1 Å². The highest BCUT2D eigenvalue weighted by molar-refractivity contribution is 5.50. The van der Waals surface area contributed by atoms with Crippen LogP contribution in [0.4, 0.5) is 0 Å². The first-order chi connectivity index (χ1) is 11.3. The Balaban J connectivity index is 1.67. The average molecular weight is 309 g/mol. The molecule has 0 bridgehead atoms. The van der Waals surface area contributed by atoms with Gasteiger partial charge in [-0.25, -0.2) is 0 Å². The van der Waals surface area contributed by atoms with E-state index in [2.05, 4.69) is 47.4 Å². The number of benzene rings is 2. The number of ether oxygens (including phenoxy) is 2. The van der Waals surface area contributed by atoms with E-state index < -0.39 is 0 Å². The molecule has 0 saturated carbocycles. The summed E-state index contributed by atoms with van der Waals surface area (Å²) < 4.78 is 11.0. The van der Waals surface area contributed by atoms with E-state index in [0.29, 0.717) is 12.0 Å². The third kappa shape index (κ3) is 2.49. The minimum Gasteiger partial charge on any atom is -0.493 e. The SMILES string of the molecule is COc1cc2c(cc1OC)[C@@H]1C[C@@H](c3ccccc3)CN1CC2. The summed E-state index contributed by atoms with van der Waals surface area (Å²) >= 11 is 0. The van der Waals surface area contributed by atoms with E-state index in [0.717, 1.165) is 31.0 Å². The molecule has 0 N–H and O–H groups in total. The summed E-state index contributed by atoms with van der Waals surface area (Å²) in [5, 5.41) is 0. The molecule has 2 aromatic carbocycles. The Morgan fingerprint density at radius 2 is 1.74 bits per heavy atom. The van der Waals surface area contributed by atoms with E-state index in [1.807, 2.05) is 0 Å². The maximum absolute atomic E-state index is 5.52. The van der Waals surface area contributed by atoms with Gasteiger partial charge in [0.05, 0.1) is 14.2 Å². The maximum atomic E-state index is 5.52. The van der Waals surface area contributed by atoms with Crippen LogP contribution in [0.3, 0.4) is 0 Å². The highest BCUT2D eigenvalue weighted by Crippen LogP contribution is 2.46. The monoisotopic (exact) mass is 309 g/mol. The zero-order valence-electron chi connectivity index (χ0n) is 13.8. The van der Waals surface area contributed by atoms with Crippen molar-refractivity contribution in [2.75, 3.05) is 27.3 Å². The zero-order valence-corrected chi connectivity index (χ0v) is 13.8. The Hall–Kier alpha value is -2.00. The van der Waals surface area contributed by atoms with Crippen molar-refractivity contribution in [2.45, 2.75) is 24.8 Å². The normalized spacial score (nSPS) is 23.2. The van der Waals surface area contributed by atoms with E-state index in [1.54, 1.807) is 14.2 Å². The quantitative estimate of drug-likeness (QED) is 0.861. The molecule has 0 spiro atoms. The molecule has 0 aliphatic carbocycles. The molecule has 2 atom stereocenters. The predicted molar refractivity (Wildman–Crippen MR) is 91.4 cm³/mol. The third-order valence-corrected chi connectivity index (χ3v) is 5.35. The lowest BCUT2D eigenvalue weighted by molar-refractivity contribution is 0.241. The molecule has 0 amide bonds. The van der Waals surface area contributed by atoms with Gasteiger partial charge in [-0.05, 0) is 47.6 Å². The van der Waals surface area contributed by atoms with Gasteiger partial charge in [0, 0.05) is 19.1 Å². The standard InChI is InChI=1S/C20H23NO2/c1-22-19-11-15-8-9-21-13-16(14-6-4-3-5-7-14)10-18(21)17(15)12-20(19)23-2/h3-7,11-12,16,18H,8-10,13H2,1-2H3/t16-,18+/m1/s1. The second kappa shape index (κ2) is 5.89. The Labute approximate surface area is 137 Å². The van der Waals surface area contributed by atoms with Crippen LogP contribution in [0.2, 0.25) is 0 Å². The first-order valence-corrected chi connectivity index (χ1v) is 8.34. The largest absolute Gasteiger partial charge is 0.493 e. The molecule has 0 aromatic heterocycles. The molecule has 2 aliphatic rings. The van der Waals surface area contributed by atoms with Gasteiger partial charge in [0.25, 0.3) is 0 Å². The predicted octanol–water partition coefficient (Wildman–Crippen LogP) is 3.79. The minimum atomic E-state index is 0.503. The molecule has 2 aromatic rings. The van der Waals surface area contributed by atoms with Gasteiger partial charge in [-0.1, -0.05) is 30.3 Å². The highest BCUT2D eigenvalue weighted by Gasteiger charge is 2.37. The molecular weight excluding hydrogens is 286 g/mol. The van der Waals surface area contributed by atoms with Crippen molar-refractivity contribution in [3.63, 3.8) is 0 Å². The van der Waals surface area contributed by atoms with Crippen molar-refractivity contribution < 1.29 is 9.47 Å². The van der Waals surface area contributed by atoms with Crippen LogP contribution >= 0.6 is 0 Å². The Kier molecular flexibility index (Phi) is 3.74. The van der Waals surface area contributed by atoms with E-state index >= 15 is 0 Å². The topological polar surface area (TPSA) is 21.7 Å². The lowest BCUT2D eigenvalue weighted by atomic mass is 9.89. The number of hydrogen-bond donors (Lipinski definition) is 0. The van der Waals surface area contributed by atoms with Gasteiger partial charge >= 0.3 is 0 Å². The first-order valence-electron chi connectivity index (χ1n) is 8.34. The van der Waals surface area contributed by atoms with Crippen LogP contribution in [0.5, 0.6) is 11.5 Å². The van der Waals surface area contributed by atoms with Crippen molar-refractivity contribution >= 4 is 0 Å². The summed E-state index contributed by atoms with van der Waals surface area (Å²) in [5.41, 5.74) is 4.30.